The van der Waals surface area contributed by atoms with Gasteiger partial charge in [-0.3, -0.25) is 0 Å². The standard InChI is InChI=1S/C10H17NS/c1-2-7-11-8-9-12-10-5-3-4-6-10/h1,10-11H,3-9H2. The first-order valence-electron chi connectivity index (χ1n) is 4.69. The fraction of sp³-hybridized carbons (Fsp3) is 0.800. The molecule has 0 spiro atoms. The van der Waals surface area contributed by atoms with E-state index >= 15 is 0 Å². The minimum Gasteiger partial charge on any atom is -0.305 e. The molecule has 1 saturated carbocycles. The SMILES string of the molecule is C#CCNCCSC1CCCC1. The Morgan fingerprint density at radius 3 is 2.83 bits per heavy atom. The van der Waals surface area contributed by atoms with E-state index in [1.165, 1.54) is 31.4 Å². The summed E-state index contributed by atoms with van der Waals surface area (Å²) in [4.78, 5) is 0. The summed E-state index contributed by atoms with van der Waals surface area (Å²) in [7, 11) is 0. The summed E-state index contributed by atoms with van der Waals surface area (Å²) in [6, 6.07) is 0. The van der Waals surface area contributed by atoms with Crippen LogP contribution in [0.15, 0.2) is 0 Å². The molecule has 1 rings (SSSR count). The first kappa shape index (κ1) is 9.95. The van der Waals surface area contributed by atoms with Gasteiger partial charge in [0, 0.05) is 17.5 Å². The third-order valence-electron chi connectivity index (χ3n) is 2.16. The monoisotopic (exact) mass is 183 g/mol. The van der Waals surface area contributed by atoms with Crippen LogP contribution in [0.4, 0.5) is 0 Å². The van der Waals surface area contributed by atoms with Crippen molar-refractivity contribution >= 4 is 11.8 Å². The van der Waals surface area contributed by atoms with Gasteiger partial charge in [0.15, 0.2) is 0 Å². The lowest BCUT2D eigenvalue weighted by Gasteiger charge is -2.07. The molecule has 0 aliphatic heterocycles. The van der Waals surface area contributed by atoms with Gasteiger partial charge in [0.1, 0.15) is 0 Å². The highest BCUT2D eigenvalue weighted by Crippen LogP contribution is 2.28. The van der Waals surface area contributed by atoms with Crippen LogP contribution >= 0.6 is 11.8 Å². The van der Waals surface area contributed by atoms with Gasteiger partial charge in [-0.15, -0.1) is 6.42 Å². The first-order chi connectivity index (χ1) is 5.93. The van der Waals surface area contributed by atoms with E-state index < -0.39 is 0 Å². The molecule has 1 aliphatic carbocycles. The maximum Gasteiger partial charge on any atom is 0.0574 e. The van der Waals surface area contributed by atoms with Crippen molar-refractivity contribution in [1.29, 1.82) is 0 Å². The van der Waals surface area contributed by atoms with E-state index in [1.807, 2.05) is 0 Å². The molecule has 0 aromatic rings. The van der Waals surface area contributed by atoms with Crippen molar-refractivity contribution in [2.24, 2.45) is 0 Å². The van der Waals surface area contributed by atoms with E-state index in [-0.39, 0.29) is 0 Å². The molecule has 1 fully saturated rings. The Kier molecular flexibility index (Phi) is 5.30. The maximum absolute atomic E-state index is 5.11. The third kappa shape index (κ3) is 4.04. The molecule has 68 valence electrons. The Labute approximate surface area is 79.7 Å². The number of hydrogen-bond donors (Lipinski definition) is 1. The highest BCUT2D eigenvalue weighted by molar-refractivity contribution is 7.99. The second kappa shape index (κ2) is 6.39. The van der Waals surface area contributed by atoms with Gasteiger partial charge in [0.05, 0.1) is 6.54 Å². The minimum absolute atomic E-state index is 0.714. The average Bonchev–Trinajstić information content (AvgIpc) is 2.57. The fourth-order valence-electron chi connectivity index (χ4n) is 1.51. The van der Waals surface area contributed by atoms with E-state index in [0.29, 0.717) is 6.54 Å². The van der Waals surface area contributed by atoms with Crippen molar-refractivity contribution in [2.45, 2.75) is 30.9 Å². The highest BCUT2D eigenvalue weighted by Gasteiger charge is 2.14. The molecule has 0 aromatic carbocycles. The number of nitrogens with one attached hydrogen (secondary N) is 1. The zero-order valence-corrected chi connectivity index (χ0v) is 8.33. The van der Waals surface area contributed by atoms with Crippen molar-refractivity contribution in [3.05, 3.63) is 0 Å². The predicted octanol–water partition coefficient (Wildman–Crippen LogP) is 1.89. The second-order valence-electron chi connectivity index (χ2n) is 3.16. The summed E-state index contributed by atoms with van der Waals surface area (Å²) in [6.07, 6.45) is 10.9. The van der Waals surface area contributed by atoms with E-state index in [2.05, 4.69) is 23.0 Å². The molecule has 12 heavy (non-hydrogen) atoms. The van der Waals surface area contributed by atoms with E-state index in [0.717, 1.165) is 11.8 Å². The molecular formula is C10H17NS. The van der Waals surface area contributed by atoms with E-state index in [1.54, 1.807) is 0 Å². The number of terminal acetylenes is 1. The number of hydrogen-bond acceptors (Lipinski definition) is 2. The summed E-state index contributed by atoms with van der Waals surface area (Å²) in [5.74, 6) is 3.79. The van der Waals surface area contributed by atoms with Gasteiger partial charge in [-0.25, -0.2) is 0 Å². The van der Waals surface area contributed by atoms with Crippen LogP contribution in [-0.4, -0.2) is 24.1 Å². The molecule has 0 radical (unpaired) electrons. The Bertz CT molecular complexity index is 144. The fourth-order valence-corrected chi connectivity index (χ4v) is 2.78. The number of rotatable bonds is 5. The van der Waals surface area contributed by atoms with Crippen LogP contribution in [0.1, 0.15) is 25.7 Å². The highest BCUT2D eigenvalue weighted by atomic mass is 32.2. The molecule has 1 nitrogen and oxygen atoms in total. The van der Waals surface area contributed by atoms with Gasteiger partial charge in [0.25, 0.3) is 0 Å². The maximum atomic E-state index is 5.11. The van der Waals surface area contributed by atoms with Gasteiger partial charge >= 0.3 is 0 Å². The quantitative estimate of drug-likeness (QED) is 0.516. The summed E-state index contributed by atoms with van der Waals surface area (Å²) in [5, 5.41) is 4.14. The molecule has 0 heterocycles. The van der Waals surface area contributed by atoms with Gasteiger partial charge in [-0.05, 0) is 12.8 Å². The van der Waals surface area contributed by atoms with Gasteiger partial charge in [-0.1, -0.05) is 18.8 Å². The Balaban J connectivity index is 1.85. The molecule has 0 saturated heterocycles. The van der Waals surface area contributed by atoms with Crippen molar-refractivity contribution < 1.29 is 0 Å². The van der Waals surface area contributed by atoms with Crippen LogP contribution in [0.25, 0.3) is 0 Å². The van der Waals surface area contributed by atoms with Gasteiger partial charge in [0.2, 0.25) is 0 Å². The second-order valence-corrected chi connectivity index (χ2v) is 4.57. The largest absolute Gasteiger partial charge is 0.305 e. The van der Waals surface area contributed by atoms with Crippen LogP contribution in [0.5, 0.6) is 0 Å². The summed E-state index contributed by atoms with van der Waals surface area (Å²) in [5.41, 5.74) is 0. The van der Waals surface area contributed by atoms with E-state index in [9.17, 15) is 0 Å². The molecule has 0 atom stereocenters. The summed E-state index contributed by atoms with van der Waals surface area (Å²) in [6.45, 7) is 1.77. The predicted molar refractivity (Wildman–Crippen MR) is 56.4 cm³/mol. The summed E-state index contributed by atoms with van der Waals surface area (Å²) >= 11 is 2.10. The smallest absolute Gasteiger partial charge is 0.0574 e. The zero-order chi connectivity index (χ0) is 8.65. The van der Waals surface area contributed by atoms with Crippen LogP contribution in [0, 0.1) is 12.3 Å². The molecule has 0 bridgehead atoms. The normalized spacial score (nSPS) is 17.9. The Hall–Kier alpha value is -0.130. The van der Waals surface area contributed by atoms with Gasteiger partial charge in [-0.2, -0.15) is 11.8 Å². The van der Waals surface area contributed by atoms with Crippen molar-refractivity contribution in [1.82, 2.24) is 5.32 Å². The van der Waals surface area contributed by atoms with Crippen molar-refractivity contribution in [3.8, 4) is 12.3 Å². The van der Waals surface area contributed by atoms with Crippen molar-refractivity contribution in [2.75, 3.05) is 18.8 Å². The molecule has 2 heteroatoms. The van der Waals surface area contributed by atoms with Crippen LogP contribution < -0.4 is 5.32 Å². The number of thioether (sulfide) groups is 1. The average molecular weight is 183 g/mol. The lowest BCUT2D eigenvalue weighted by molar-refractivity contribution is 0.813. The lowest BCUT2D eigenvalue weighted by Crippen LogP contribution is -2.17. The molecular weight excluding hydrogens is 166 g/mol. The topological polar surface area (TPSA) is 12.0 Å². The summed E-state index contributed by atoms with van der Waals surface area (Å²) < 4.78 is 0. The van der Waals surface area contributed by atoms with Crippen LogP contribution in [-0.2, 0) is 0 Å². The Morgan fingerprint density at radius 1 is 1.42 bits per heavy atom. The molecule has 1 N–H and O–H groups in total. The molecule has 0 amide bonds. The van der Waals surface area contributed by atoms with Crippen LogP contribution in [0.2, 0.25) is 0 Å². The Morgan fingerprint density at radius 2 is 2.17 bits per heavy atom. The van der Waals surface area contributed by atoms with Gasteiger partial charge < -0.3 is 5.32 Å². The molecule has 0 aromatic heterocycles. The molecule has 1 aliphatic rings. The first-order valence-corrected chi connectivity index (χ1v) is 5.74. The molecule has 0 unspecified atom stereocenters. The van der Waals surface area contributed by atoms with E-state index in [4.69, 9.17) is 6.42 Å². The zero-order valence-electron chi connectivity index (χ0n) is 7.51. The minimum atomic E-state index is 0.714. The lowest BCUT2D eigenvalue weighted by atomic mass is 10.4. The van der Waals surface area contributed by atoms with Crippen molar-refractivity contribution in [3.63, 3.8) is 0 Å². The third-order valence-corrected chi connectivity index (χ3v) is 3.54. The van der Waals surface area contributed by atoms with Crippen LogP contribution in [0.3, 0.4) is 0 Å².